The van der Waals surface area contributed by atoms with Crippen LogP contribution in [0.3, 0.4) is 0 Å². The van der Waals surface area contributed by atoms with E-state index in [2.05, 4.69) is 181 Å². The van der Waals surface area contributed by atoms with Gasteiger partial charge < -0.3 is 4.55 Å². The highest BCUT2D eigenvalue weighted by atomic mass is 32.3. The molecule has 0 aliphatic rings. The number of hydrogen-bond acceptors (Lipinski definition) is 3. The van der Waals surface area contributed by atoms with Crippen LogP contribution in [0.5, 0.6) is 0 Å². The molecule has 0 spiro atoms. The molecular formula is C39H41F3O3S2. The fraction of sp³-hybridized carbons (Fsp3) is 0.231. The van der Waals surface area contributed by atoms with Crippen molar-refractivity contribution in [2.45, 2.75) is 82.4 Å². The van der Waals surface area contributed by atoms with Crippen molar-refractivity contribution in [3.8, 4) is 0 Å². The highest BCUT2D eigenvalue weighted by Crippen LogP contribution is 2.69. The van der Waals surface area contributed by atoms with E-state index in [0.717, 1.165) is 0 Å². The number of hydrogen-bond donors (Lipinski definition) is 0. The highest BCUT2D eigenvalue weighted by Gasteiger charge is 2.58. The number of halogens is 3. The molecule has 47 heavy (non-hydrogen) atoms. The van der Waals surface area contributed by atoms with Crippen LogP contribution in [-0.4, -0.2) is 18.5 Å². The molecule has 0 amide bonds. The van der Waals surface area contributed by atoms with Crippen molar-refractivity contribution < 1.29 is 26.1 Å². The minimum atomic E-state index is -6.09. The third-order valence-electron chi connectivity index (χ3n) is 8.31. The van der Waals surface area contributed by atoms with Crippen molar-refractivity contribution >= 4 is 19.3 Å². The first-order valence-corrected chi connectivity index (χ1v) is 18.6. The highest BCUT2D eigenvalue weighted by molar-refractivity contribution is 8.30. The van der Waals surface area contributed by atoms with Gasteiger partial charge in [0.1, 0.15) is 0 Å². The number of benzene rings is 5. The summed E-state index contributed by atoms with van der Waals surface area (Å²) in [5.41, 5.74) is -2.81. The molecule has 0 saturated carbocycles. The average molecular weight is 679 g/mol. The molecule has 0 saturated heterocycles. The van der Waals surface area contributed by atoms with Gasteiger partial charge in [0, 0.05) is 0 Å². The minimum absolute atomic E-state index is 0.0765. The molecule has 248 valence electrons. The van der Waals surface area contributed by atoms with E-state index in [9.17, 15) is 13.2 Å². The maximum Gasteiger partial charge on any atom is 0.485 e. The van der Waals surface area contributed by atoms with Gasteiger partial charge in [-0.3, -0.25) is 0 Å². The Morgan fingerprint density at radius 2 is 0.660 bits per heavy atom. The maximum atomic E-state index is 10.7. The van der Waals surface area contributed by atoms with E-state index in [1.54, 1.807) is 0 Å². The van der Waals surface area contributed by atoms with Crippen LogP contribution in [-0.2, 0) is 30.1 Å². The summed E-state index contributed by atoms with van der Waals surface area (Å²) in [5, 5.41) is 0. The van der Waals surface area contributed by atoms with Crippen molar-refractivity contribution in [2.75, 3.05) is 0 Å². The van der Waals surface area contributed by atoms with Gasteiger partial charge in [0.15, 0.2) is 10.1 Å². The smallest absolute Gasteiger partial charge is 0.485 e. The van der Waals surface area contributed by atoms with Crippen molar-refractivity contribution in [2.24, 2.45) is 0 Å². The van der Waals surface area contributed by atoms with Gasteiger partial charge in [0.25, 0.3) is 0 Å². The van der Waals surface area contributed by atoms with Crippen LogP contribution in [0.15, 0.2) is 164 Å². The van der Waals surface area contributed by atoms with Gasteiger partial charge in [-0.05, 0) is 82.6 Å². The summed E-state index contributed by atoms with van der Waals surface area (Å²) in [6.07, 6.45) is 0. The molecule has 5 aromatic rings. The molecule has 0 bridgehead atoms. The zero-order valence-electron chi connectivity index (χ0n) is 27.5. The van der Waals surface area contributed by atoms with Gasteiger partial charge in [-0.2, -0.15) is 13.2 Å². The Balaban J connectivity index is 0.000000555. The van der Waals surface area contributed by atoms with E-state index < -0.39 is 24.8 Å². The van der Waals surface area contributed by atoms with Gasteiger partial charge >= 0.3 is 5.51 Å². The molecule has 5 rings (SSSR count). The van der Waals surface area contributed by atoms with Crippen molar-refractivity contribution in [3.05, 3.63) is 151 Å². The van der Waals surface area contributed by atoms with Crippen LogP contribution >= 0.6 is 0 Å². The summed E-state index contributed by atoms with van der Waals surface area (Å²) in [7, 11) is -9.13. The molecule has 0 fully saturated rings. The molecule has 0 aliphatic heterocycles. The molecule has 0 aromatic heterocycles. The lowest BCUT2D eigenvalue weighted by atomic mass is 9.87. The number of rotatable bonds is 5. The lowest BCUT2D eigenvalue weighted by Gasteiger charge is -2.55. The van der Waals surface area contributed by atoms with Crippen molar-refractivity contribution in [1.82, 2.24) is 0 Å². The predicted octanol–water partition coefficient (Wildman–Crippen LogP) is 10.6. The van der Waals surface area contributed by atoms with Crippen LogP contribution < -0.4 is 0 Å². The van der Waals surface area contributed by atoms with Crippen LogP contribution in [0.2, 0.25) is 0 Å². The van der Waals surface area contributed by atoms with Gasteiger partial charge in [0.2, 0.25) is 0 Å². The van der Waals surface area contributed by atoms with E-state index in [1.807, 2.05) is 0 Å². The van der Waals surface area contributed by atoms with Crippen LogP contribution in [0.25, 0.3) is 0 Å². The first-order chi connectivity index (χ1) is 21.8. The SMILES string of the molecule is CC(C)(C)c1ccc([S+](c2ccccc2)(c2ccccc2)(c2ccccc2)c2ccc(C(C)(C)C)cc2)cc1.O=S(=O)([O-])C(F)(F)F. The molecule has 0 unspecified atom stereocenters. The van der Waals surface area contributed by atoms with Crippen LogP contribution in [0.4, 0.5) is 13.2 Å². The maximum absolute atomic E-state index is 10.7. The summed E-state index contributed by atoms with van der Waals surface area (Å²) in [6.45, 7) is 13.7. The van der Waals surface area contributed by atoms with E-state index in [1.165, 1.54) is 35.6 Å². The molecule has 0 atom stereocenters. The monoisotopic (exact) mass is 678 g/mol. The summed E-state index contributed by atoms with van der Waals surface area (Å²) >= 11 is 0. The molecule has 0 radical (unpaired) electrons. The van der Waals surface area contributed by atoms with Crippen molar-refractivity contribution in [1.29, 1.82) is 0 Å². The third-order valence-corrected chi connectivity index (χ3v) is 15.0. The van der Waals surface area contributed by atoms with E-state index in [-0.39, 0.29) is 10.8 Å². The molecule has 3 nitrogen and oxygen atoms in total. The first-order valence-electron chi connectivity index (χ1n) is 15.2. The Bertz CT molecular complexity index is 1710. The Hall–Kier alpha value is -3.85. The largest absolute Gasteiger partial charge is 0.741 e. The fourth-order valence-electron chi connectivity index (χ4n) is 5.89. The Morgan fingerprint density at radius 3 is 0.851 bits per heavy atom. The quantitative estimate of drug-likeness (QED) is 0.106. The van der Waals surface area contributed by atoms with E-state index in [0.29, 0.717) is 0 Å². The van der Waals surface area contributed by atoms with Gasteiger partial charge in [-0.1, -0.05) is 130 Å². The van der Waals surface area contributed by atoms with Crippen LogP contribution in [0, 0.1) is 0 Å². The zero-order valence-corrected chi connectivity index (χ0v) is 29.1. The van der Waals surface area contributed by atoms with Crippen molar-refractivity contribution in [3.63, 3.8) is 0 Å². The molecule has 0 aliphatic carbocycles. The average Bonchev–Trinajstić information content (AvgIpc) is 3.02. The first kappa shape index (κ1) is 36.0. The fourth-order valence-corrected chi connectivity index (χ4v) is 12.1. The lowest BCUT2D eigenvalue weighted by molar-refractivity contribution is -0.0517. The predicted molar refractivity (Wildman–Crippen MR) is 184 cm³/mol. The summed E-state index contributed by atoms with van der Waals surface area (Å²) < 4.78 is 58.9. The molecular weight excluding hydrogens is 638 g/mol. The lowest BCUT2D eigenvalue weighted by Crippen LogP contribution is -2.44. The zero-order chi connectivity index (χ0) is 34.8. The van der Waals surface area contributed by atoms with Gasteiger partial charge in [-0.25, -0.2) is 8.42 Å². The number of alkyl halides is 3. The Labute approximate surface area is 277 Å². The molecule has 5 aromatic carbocycles. The standard InChI is InChI=1S/C38H41S.CHF3O3S/c1-37(2,3)30-22-26-35(27-23-30)39(32-16-10-7-11-17-32,33-18-12-8-13-19-33,34-20-14-9-15-21-34)36-28-24-31(25-29-36)38(4,5)6;2-1(3,4)8(5,6)7/h7-29H,1-6H3;(H,5,6,7)/q+1;/p-1. The normalized spacial score (nSPS) is 13.5. The van der Waals surface area contributed by atoms with E-state index in [4.69, 9.17) is 13.0 Å². The molecule has 8 heteroatoms. The van der Waals surface area contributed by atoms with Gasteiger partial charge in [-0.15, -0.1) is 0 Å². The third kappa shape index (κ3) is 6.64. The Kier molecular flexibility index (Phi) is 9.94. The Morgan fingerprint density at radius 1 is 0.447 bits per heavy atom. The summed E-state index contributed by atoms with van der Waals surface area (Å²) in [5.74, 6) is 0. The molecule has 0 N–H and O–H groups in total. The van der Waals surface area contributed by atoms with Gasteiger partial charge in [0.05, 0.1) is 24.5 Å². The van der Waals surface area contributed by atoms with Crippen LogP contribution in [0.1, 0.15) is 52.7 Å². The summed E-state index contributed by atoms with van der Waals surface area (Å²) in [6, 6.07) is 52.7. The van der Waals surface area contributed by atoms with E-state index >= 15 is 0 Å². The summed E-state index contributed by atoms with van der Waals surface area (Å²) in [4.78, 5) is 6.68. The second kappa shape index (κ2) is 13.0. The second-order valence-corrected chi connectivity index (χ2v) is 19.2. The molecule has 0 heterocycles. The minimum Gasteiger partial charge on any atom is -0.741 e. The second-order valence-electron chi connectivity index (χ2n) is 13.4. The topological polar surface area (TPSA) is 57.2 Å².